The van der Waals surface area contributed by atoms with Crippen molar-refractivity contribution in [2.45, 2.75) is 64.4 Å². The van der Waals surface area contributed by atoms with Crippen LogP contribution in [0.5, 0.6) is 0 Å². The zero-order valence-electron chi connectivity index (χ0n) is 15.6. The van der Waals surface area contributed by atoms with E-state index in [2.05, 4.69) is 29.8 Å². The summed E-state index contributed by atoms with van der Waals surface area (Å²) in [5.41, 5.74) is 1.62. The highest BCUT2D eigenvalue weighted by molar-refractivity contribution is 5.69. The molecule has 2 unspecified atom stereocenters. The Hall–Kier alpha value is -2.12. The van der Waals surface area contributed by atoms with E-state index in [1.807, 2.05) is 24.3 Å². The highest BCUT2D eigenvalue weighted by Gasteiger charge is 2.20. The summed E-state index contributed by atoms with van der Waals surface area (Å²) in [5.74, 6) is 6.04. The molecule has 1 saturated heterocycles. The van der Waals surface area contributed by atoms with E-state index in [-0.39, 0.29) is 5.97 Å². The Bertz CT molecular complexity index is 647. The van der Waals surface area contributed by atoms with Gasteiger partial charge in [0.05, 0.1) is 6.61 Å². The predicted octanol–water partition coefficient (Wildman–Crippen LogP) is 3.82. The van der Waals surface area contributed by atoms with Crippen molar-refractivity contribution in [3.8, 4) is 11.8 Å². The molecular weight excluding hydrogens is 326 g/mol. The van der Waals surface area contributed by atoms with E-state index in [1.54, 1.807) is 0 Å². The Morgan fingerprint density at radius 1 is 1.38 bits per heavy atom. The van der Waals surface area contributed by atoms with Crippen LogP contribution in [-0.2, 0) is 16.0 Å². The van der Waals surface area contributed by atoms with Crippen LogP contribution in [0.4, 0.5) is 0 Å². The van der Waals surface area contributed by atoms with Crippen LogP contribution in [-0.4, -0.2) is 28.8 Å². The summed E-state index contributed by atoms with van der Waals surface area (Å²) in [6, 6.07) is 5.75. The Balaban J connectivity index is 1.80. The van der Waals surface area contributed by atoms with E-state index in [0.29, 0.717) is 31.1 Å². The minimum absolute atomic E-state index is 0.109. The molecule has 1 fully saturated rings. The SMILES string of the molecule is CCCCC/C=C\CC(O)C#Cc1cccc(CC2CCC(=O)OC2)n1. The molecule has 4 nitrogen and oxygen atoms in total. The van der Waals surface area contributed by atoms with Crippen molar-refractivity contribution < 1.29 is 14.6 Å². The molecule has 2 atom stereocenters. The average Bonchev–Trinajstić information content (AvgIpc) is 2.65. The summed E-state index contributed by atoms with van der Waals surface area (Å²) >= 11 is 0. The lowest BCUT2D eigenvalue weighted by molar-refractivity contribution is -0.149. The zero-order valence-corrected chi connectivity index (χ0v) is 15.6. The van der Waals surface area contributed by atoms with Crippen LogP contribution in [0.25, 0.3) is 0 Å². The van der Waals surface area contributed by atoms with Gasteiger partial charge in [-0.1, -0.05) is 43.9 Å². The quantitative estimate of drug-likeness (QED) is 0.333. The highest BCUT2D eigenvalue weighted by Crippen LogP contribution is 2.18. The molecule has 2 rings (SSSR count). The average molecular weight is 355 g/mol. The number of pyridine rings is 1. The topological polar surface area (TPSA) is 59.4 Å². The number of aliphatic hydroxyl groups is 1. The molecule has 0 radical (unpaired) electrons. The molecule has 140 valence electrons. The number of ether oxygens (including phenoxy) is 1. The van der Waals surface area contributed by atoms with Crippen molar-refractivity contribution in [3.63, 3.8) is 0 Å². The minimum atomic E-state index is -0.666. The fourth-order valence-electron chi connectivity index (χ4n) is 2.88. The molecule has 1 aliphatic heterocycles. The van der Waals surface area contributed by atoms with Crippen LogP contribution in [0.2, 0.25) is 0 Å². The first kappa shape index (κ1) is 20.2. The lowest BCUT2D eigenvalue weighted by atomic mass is 9.96. The number of carbonyl (C=O) groups excluding carboxylic acids is 1. The molecule has 1 aromatic rings. The van der Waals surface area contributed by atoms with Gasteiger partial charge in [-0.25, -0.2) is 4.98 Å². The molecule has 1 aliphatic rings. The smallest absolute Gasteiger partial charge is 0.305 e. The molecule has 26 heavy (non-hydrogen) atoms. The summed E-state index contributed by atoms with van der Waals surface area (Å²) in [7, 11) is 0. The van der Waals surface area contributed by atoms with Crippen LogP contribution in [0.1, 0.15) is 63.3 Å². The number of hydrogen-bond acceptors (Lipinski definition) is 4. The van der Waals surface area contributed by atoms with E-state index < -0.39 is 6.10 Å². The number of nitrogens with zero attached hydrogens (tertiary/aromatic N) is 1. The monoisotopic (exact) mass is 355 g/mol. The van der Waals surface area contributed by atoms with Gasteiger partial charge < -0.3 is 9.84 Å². The Kier molecular flexibility index (Phi) is 8.92. The van der Waals surface area contributed by atoms with Crippen LogP contribution >= 0.6 is 0 Å². The Morgan fingerprint density at radius 3 is 3.04 bits per heavy atom. The van der Waals surface area contributed by atoms with Gasteiger partial charge in [0.1, 0.15) is 11.8 Å². The molecule has 1 N–H and O–H groups in total. The van der Waals surface area contributed by atoms with Gasteiger partial charge in [-0.2, -0.15) is 0 Å². The van der Waals surface area contributed by atoms with Crippen molar-refractivity contribution in [1.29, 1.82) is 0 Å². The van der Waals surface area contributed by atoms with Gasteiger partial charge in [-0.3, -0.25) is 4.79 Å². The van der Waals surface area contributed by atoms with Gasteiger partial charge in [-0.05, 0) is 49.7 Å². The molecule has 2 heterocycles. The lowest BCUT2D eigenvalue weighted by Crippen LogP contribution is -2.23. The van der Waals surface area contributed by atoms with Gasteiger partial charge in [0, 0.05) is 18.5 Å². The summed E-state index contributed by atoms with van der Waals surface area (Å²) < 4.78 is 5.11. The number of carbonyl (C=O) groups is 1. The van der Waals surface area contributed by atoms with Crippen molar-refractivity contribution in [2.75, 3.05) is 6.61 Å². The van der Waals surface area contributed by atoms with Crippen LogP contribution in [0.3, 0.4) is 0 Å². The van der Waals surface area contributed by atoms with Crippen LogP contribution in [0.15, 0.2) is 30.4 Å². The molecule has 0 saturated carbocycles. The van der Waals surface area contributed by atoms with Gasteiger partial charge in [0.15, 0.2) is 0 Å². The van der Waals surface area contributed by atoms with E-state index >= 15 is 0 Å². The molecule has 0 aromatic carbocycles. The second-order valence-corrected chi connectivity index (χ2v) is 6.79. The fourth-order valence-corrected chi connectivity index (χ4v) is 2.88. The Morgan fingerprint density at radius 2 is 2.27 bits per heavy atom. The normalized spacial score (nSPS) is 18.2. The van der Waals surface area contributed by atoms with E-state index in [1.165, 1.54) is 19.3 Å². The van der Waals surface area contributed by atoms with E-state index in [9.17, 15) is 9.90 Å². The second-order valence-electron chi connectivity index (χ2n) is 6.79. The van der Waals surface area contributed by atoms with Gasteiger partial charge in [0.25, 0.3) is 0 Å². The Labute approximate surface area is 156 Å². The molecule has 4 heteroatoms. The van der Waals surface area contributed by atoms with E-state index in [0.717, 1.165) is 25.0 Å². The number of cyclic esters (lactones) is 1. The first-order valence-electron chi connectivity index (χ1n) is 9.63. The summed E-state index contributed by atoms with van der Waals surface area (Å²) in [6.07, 6.45) is 10.9. The molecule has 0 aliphatic carbocycles. The first-order chi connectivity index (χ1) is 12.7. The zero-order chi connectivity index (χ0) is 18.6. The number of aromatic nitrogens is 1. The van der Waals surface area contributed by atoms with Crippen molar-refractivity contribution >= 4 is 5.97 Å². The number of hydrogen-bond donors (Lipinski definition) is 1. The second kappa shape index (κ2) is 11.5. The third-order valence-electron chi connectivity index (χ3n) is 4.41. The standard InChI is InChI=1S/C22H29NO3/c1-2-3-4-5-6-7-11-21(24)14-13-19-9-8-10-20(23-19)16-18-12-15-22(25)26-17-18/h6-10,18,21,24H,2-5,11-12,15-17H2,1H3/b7-6-. The molecule has 0 bridgehead atoms. The van der Waals surface area contributed by atoms with E-state index in [4.69, 9.17) is 4.74 Å². The molecule has 1 aromatic heterocycles. The number of allylic oxidation sites excluding steroid dienone is 1. The van der Waals surface area contributed by atoms with Crippen molar-refractivity contribution in [1.82, 2.24) is 4.98 Å². The van der Waals surface area contributed by atoms with Gasteiger partial charge >= 0.3 is 5.97 Å². The predicted molar refractivity (Wildman–Crippen MR) is 102 cm³/mol. The van der Waals surface area contributed by atoms with Crippen LogP contribution < -0.4 is 0 Å². The minimum Gasteiger partial charge on any atom is -0.465 e. The number of aliphatic hydroxyl groups excluding tert-OH is 1. The molecule has 0 amide bonds. The van der Waals surface area contributed by atoms with Crippen molar-refractivity contribution in [2.24, 2.45) is 5.92 Å². The molecular formula is C22H29NO3. The third-order valence-corrected chi connectivity index (χ3v) is 4.41. The summed E-state index contributed by atoms with van der Waals surface area (Å²) in [6.45, 7) is 2.66. The fraction of sp³-hybridized carbons (Fsp3) is 0.545. The molecule has 0 spiro atoms. The summed E-state index contributed by atoms with van der Waals surface area (Å²) in [4.78, 5) is 15.7. The lowest BCUT2D eigenvalue weighted by Gasteiger charge is -2.21. The van der Waals surface area contributed by atoms with Crippen LogP contribution in [0, 0.1) is 17.8 Å². The van der Waals surface area contributed by atoms with Crippen molar-refractivity contribution in [3.05, 3.63) is 41.7 Å². The van der Waals surface area contributed by atoms with Gasteiger partial charge in [0.2, 0.25) is 0 Å². The van der Waals surface area contributed by atoms with Gasteiger partial charge in [-0.15, -0.1) is 0 Å². The number of esters is 1. The maximum atomic E-state index is 11.1. The third kappa shape index (κ3) is 7.84. The number of unbranched alkanes of at least 4 members (excludes halogenated alkanes) is 3. The largest absolute Gasteiger partial charge is 0.465 e. The number of rotatable bonds is 8. The first-order valence-corrected chi connectivity index (χ1v) is 9.63. The summed E-state index contributed by atoms with van der Waals surface area (Å²) in [5, 5.41) is 9.97. The maximum Gasteiger partial charge on any atom is 0.305 e. The maximum absolute atomic E-state index is 11.1. The highest BCUT2D eigenvalue weighted by atomic mass is 16.5.